The Labute approximate surface area is 134 Å². The first-order valence-electron chi connectivity index (χ1n) is 7.71. The summed E-state index contributed by atoms with van der Waals surface area (Å²) in [6, 6.07) is 8.39. The van der Waals surface area contributed by atoms with Gasteiger partial charge in [0.25, 0.3) is 11.5 Å². The fourth-order valence-electron chi connectivity index (χ4n) is 2.66. The van der Waals surface area contributed by atoms with E-state index in [0.717, 1.165) is 0 Å². The van der Waals surface area contributed by atoms with E-state index in [1.54, 1.807) is 35.4 Å². The van der Waals surface area contributed by atoms with E-state index in [1.807, 2.05) is 13.8 Å². The number of morpholine rings is 1. The molecule has 2 atom stereocenters. The van der Waals surface area contributed by atoms with Gasteiger partial charge in [0.1, 0.15) is 5.76 Å². The number of furan rings is 1. The summed E-state index contributed by atoms with van der Waals surface area (Å²) in [5, 5.41) is 0. The number of ether oxygens (including phenoxy) is 1. The van der Waals surface area contributed by atoms with Crippen molar-refractivity contribution in [2.45, 2.75) is 32.5 Å². The van der Waals surface area contributed by atoms with E-state index < -0.39 is 0 Å². The molecule has 0 aromatic carbocycles. The van der Waals surface area contributed by atoms with Gasteiger partial charge in [0.15, 0.2) is 5.76 Å². The van der Waals surface area contributed by atoms with E-state index in [2.05, 4.69) is 0 Å². The number of hydrogen-bond acceptors (Lipinski definition) is 4. The fraction of sp³-hybridized carbons (Fsp3) is 0.412. The zero-order chi connectivity index (χ0) is 16.4. The van der Waals surface area contributed by atoms with Gasteiger partial charge in [-0.25, -0.2) is 0 Å². The second kappa shape index (κ2) is 6.42. The average Bonchev–Trinajstić information content (AvgIpc) is 3.00. The minimum absolute atomic E-state index is 0.0176. The minimum Gasteiger partial charge on any atom is -0.454 e. The first-order valence-corrected chi connectivity index (χ1v) is 7.71. The van der Waals surface area contributed by atoms with Gasteiger partial charge in [0, 0.05) is 18.8 Å². The number of carbonyl (C=O) groups is 1. The molecule has 0 aliphatic carbocycles. The largest absolute Gasteiger partial charge is 0.454 e. The van der Waals surface area contributed by atoms with Gasteiger partial charge in [-0.15, -0.1) is 0 Å². The van der Waals surface area contributed by atoms with E-state index >= 15 is 0 Å². The summed E-state index contributed by atoms with van der Waals surface area (Å²) in [4.78, 5) is 26.1. The Kier molecular flexibility index (Phi) is 4.34. The van der Waals surface area contributed by atoms with Crippen molar-refractivity contribution >= 4 is 5.91 Å². The van der Waals surface area contributed by atoms with Crippen LogP contribution in [0.5, 0.6) is 0 Å². The molecule has 3 heterocycles. The molecule has 1 aliphatic heterocycles. The summed E-state index contributed by atoms with van der Waals surface area (Å²) in [5.41, 5.74) is -0.104. The predicted octanol–water partition coefficient (Wildman–Crippen LogP) is 1.74. The molecule has 1 aliphatic rings. The van der Waals surface area contributed by atoms with Crippen LogP contribution in [-0.4, -0.2) is 40.7 Å². The highest BCUT2D eigenvalue weighted by Crippen LogP contribution is 2.17. The second-order valence-corrected chi connectivity index (χ2v) is 5.88. The number of rotatable bonds is 3. The highest BCUT2D eigenvalue weighted by Gasteiger charge is 2.29. The Morgan fingerprint density at radius 2 is 2.09 bits per heavy atom. The Hall–Kier alpha value is -2.34. The fourth-order valence-corrected chi connectivity index (χ4v) is 2.66. The summed E-state index contributed by atoms with van der Waals surface area (Å²) < 4.78 is 12.7. The first-order chi connectivity index (χ1) is 11.0. The van der Waals surface area contributed by atoms with Gasteiger partial charge in [-0.05, 0) is 32.0 Å². The van der Waals surface area contributed by atoms with Crippen LogP contribution in [0.1, 0.15) is 30.2 Å². The lowest BCUT2D eigenvalue weighted by Crippen LogP contribution is -2.50. The Bertz CT molecular complexity index is 749. The summed E-state index contributed by atoms with van der Waals surface area (Å²) in [7, 11) is 0. The van der Waals surface area contributed by atoms with Crippen molar-refractivity contribution in [3.05, 3.63) is 58.4 Å². The highest BCUT2D eigenvalue weighted by atomic mass is 16.5. The van der Waals surface area contributed by atoms with E-state index in [1.165, 1.54) is 10.6 Å². The van der Waals surface area contributed by atoms with Gasteiger partial charge < -0.3 is 18.6 Å². The molecule has 122 valence electrons. The summed E-state index contributed by atoms with van der Waals surface area (Å²) >= 11 is 0. The van der Waals surface area contributed by atoms with Crippen LogP contribution in [0.2, 0.25) is 0 Å². The minimum atomic E-state index is -0.140. The van der Waals surface area contributed by atoms with Gasteiger partial charge in [0.2, 0.25) is 0 Å². The molecule has 1 saturated heterocycles. The lowest BCUT2D eigenvalue weighted by molar-refractivity contribution is -0.0396. The molecule has 1 amide bonds. The molecule has 0 radical (unpaired) electrons. The van der Waals surface area contributed by atoms with E-state index in [0.29, 0.717) is 31.2 Å². The zero-order valence-corrected chi connectivity index (χ0v) is 13.3. The van der Waals surface area contributed by atoms with Crippen molar-refractivity contribution in [2.24, 2.45) is 0 Å². The predicted molar refractivity (Wildman–Crippen MR) is 84.4 cm³/mol. The number of pyridine rings is 1. The van der Waals surface area contributed by atoms with Gasteiger partial charge in [0.05, 0.1) is 25.3 Å². The van der Waals surface area contributed by atoms with Gasteiger partial charge >= 0.3 is 0 Å². The van der Waals surface area contributed by atoms with Crippen LogP contribution < -0.4 is 5.56 Å². The number of carbonyl (C=O) groups excluding carboxylic acids is 1. The third kappa shape index (κ3) is 3.37. The maximum absolute atomic E-state index is 12.6. The number of amides is 1. The molecule has 2 unspecified atom stereocenters. The topological polar surface area (TPSA) is 64.7 Å². The molecule has 1 fully saturated rings. The molecule has 6 nitrogen and oxygen atoms in total. The smallest absolute Gasteiger partial charge is 0.289 e. The molecular weight excluding hydrogens is 296 g/mol. The number of aromatic nitrogens is 1. The van der Waals surface area contributed by atoms with E-state index in [-0.39, 0.29) is 23.6 Å². The zero-order valence-electron chi connectivity index (χ0n) is 13.3. The van der Waals surface area contributed by atoms with Crippen LogP contribution in [0.4, 0.5) is 0 Å². The van der Waals surface area contributed by atoms with Crippen molar-refractivity contribution in [2.75, 3.05) is 13.2 Å². The third-order valence-corrected chi connectivity index (χ3v) is 3.97. The van der Waals surface area contributed by atoms with Crippen molar-refractivity contribution in [1.82, 2.24) is 9.47 Å². The molecule has 2 aromatic rings. The monoisotopic (exact) mass is 316 g/mol. The summed E-state index contributed by atoms with van der Waals surface area (Å²) in [6.07, 6.45) is 1.71. The molecule has 2 aromatic heterocycles. The Morgan fingerprint density at radius 3 is 2.87 bits per heavy atom. The Morgan fingerprint density at radius 1 is 1.26 bits per heavy atom. The average molecular weight is 316 g/mol. The van der Waals surface area contributed by atoms with Crippen LogP contribution in [0, 0.1) is 0 Å². The quantitative estimate of drug-likeness (QED) is 0.865. The lowest BCUT2D eigenvalue weighted by Gasteiger charge is -2.36. The molecule has 23 heavy (non-hydrogen) atoms. The van der Waals surface area contributed by atoms with Crippen LogP contribution in [-0.2, 0) is 11.3 Å². The summed E-state index contributed by atoms with van der Waals surface area (Å²) in [5.74, 6) is 0.736. The standard InChI is InChI=1S/C17H20N2O4/c1-12-11-22-13(2)9-19(12)17(21)15-7-6-14(23-15)10-18-8-4-3-5-16(18)20/h3-8,12-13H,9-11H2,1-2H3. The van der Waals surface area contributed by atoms with Crippen molar-refractivity contribution in [3.63, 3.8) is 0 Å². The number of hydrogen-bond donors (Lipinski definition) is 0. The molecule has 0 saturated carbocycles. The van der Waals surface area contributed by atoms with Crippen LogP contribution in [0.15, 0.2) is 45.7 Å². The molecular formula is C17H20N2O4. The lowest BCUT2D eigenvalue weighted by atomic mass is 10.2. The van der Waals surface area contributed by atoms with Gasteiger partial charge in [-0.3, -0.25) is 9.59 Å². The van der Waals surface area contributed by atoms with Crippen LogP contribution in [0.25, 0.3) is 0 Å². The van der Waals surface area contributed by atoms with Crippen molar-refractivity contribution < 1.29 is 13.9 Å². The molecule has 0 spiro atoms. The highest BCUT2D eigenvalue weighted by molar-refractivity contribution is 5.91. The SMILES string of the molecule is CC1CN(C(=O)c2ccc(Cn3ccccc3=O)o2)C(C)CO1. The van der Waals surface area contributed by atoms with E-state index in [9.17, 15) is 9.59 Å². The molecule has 0 N–H and O–H groups in total. The van der Waals surface area contributed by atoms with Crippen LogP contribution in [0.3, 0.4) is 0 Å². The molecule has 6 heteroatoms. The van der Waals surface area contributed by atoms with E-state index in [4.69, 9.17) is 9.15 Å². The molecule has 0 bridgehead atoms. The van der Waals surface area contributed by atoms with Gasteiger partial charge in [-0.2, -0.15) is 0 Å². The number of nitrogens with zero attached hydrogens (tertiary/aromatic N) is 2. The second-order valence-electron chi connectivity index (χ2n) is 5.88. The Balaban J connectivity index is 1.75. The third-order valence-electron chi connectivity index (χ3n) is 3.97. The van der Waals surface area contributed by atoms with Crippen LogP contribution >= 0.6 is 0 Å². The van der Waals surface area contributed by atoms with Crippen molar-refractivity contribution in [1.29, 1.82) is 0 Å². The summed E-state index contributed by atoms with van der Waals surface area (Å²) in [6.45, 7) is 5.29. The van der Waals surface area contributed by atoms with Crippen molar-refractivity contribution in [3.8, 4) is 0 Å². The first kappa shape index (κ1) is 15.6. The normalized spacial score (nSPS) is 21.4. The maximum Gasteiger partial charge on any atom is 0.289 e. The molecule has 3 rings (SSSR count). The maximum atomic E-state index is 12.6. The van der Waals surface area contributed by atoms with Gasteiger partial charge in [-0.1, -0.05) is 6.07 Å².